The van der Waals surface area contributed by atoms with E-state index in [9.17, 15) is 5.11 Å². The van der Waals surface area contributed by atoms with Crippen LogP contribution in [0.4, 0.5) is 0 Å². The van der Waals surface area contributed by atoms with Crippen molar-refractivity contribution in [2.24, 2.45) is 51.2 Å². The van der Waals surface area contributed by atoms with Crippen molar-refractivity contribution in [3.63, 3.8) is 0 Å². The Morgan fingerprint density at radius 2 is 1.89 bits per heavy atom. The van der Waals surface area contributed by atoms with Gasteiger partial charge in [-0.25, -0.2) is 0 Å². The zero-order chi connectivity index (χ0) is 32.3. The SMILES string of the molecule is C=C1CC([C@H](OCC)C(C)(C)O)OC2CC3C4CCC5C(C)(C)[C@@H](OC6CN(CC7CNC7)CCO6)CC[C@@]56CC46CC[C@]3(C)C12. The molecule has 5 saturated carbocycles. The van der Waals surface area contributed by atoms with Crippen LogP contribution in [0, 0.1) is 51.2 Å². The molecule has 0 radical (unpaired) electrons. The Morgan fingerprint density at radius 3 is 2.61 bits per heavy atom. The van der Waals surface area contributed by atoms with Gasteiger partial charge in [0.15, 0.2) is 6.29 Å². The van der Waals surface area contributed by atoms with Crippen LogP contribution in [0.5, 0.6) is 0 Å². The van der Waals surface area contributed by atoms with Crippen molar-refractivity contribution in [3.8, 4) is 0 Å². The lowest BCUT2D eigenvalue weighted by molar-refractivity contribution is -0.245. The van der Waals surface area contributed by atoms with Gasteiger partial charge in [-0.15, -0.1) is 0 Å². The fourth-order valence-electron chi connectivity index (χ4n) is 13.7. The van der Waals surface area contributed by atoms with E-state index in [1.165, 1.54) is 57.1 Å². The summed E-state index contributed by atoms with van der Waals surface area (Å²) in [6.07, 6.45) is 11.2. The van der Waals surface area contributed by atoms with E-state index < -0.39 is 5.60 Å². The van der Waals surface area contributed by atoms with Crippen molar-refractivity contribution in [1.82, 2.24) is 10.2 Å². The van der Waals surface area contributed by atoms with Gasteiger partial charge in [-0.05, 0) is 124 Å². The number of nitrogens with one attached hydrogen (secondary N) is 1. The largest absolute Gasteiger partial charge is 0.388 e. The molecule has 8 unspecified atom stereocenters. The smallest absolute Gasteiger partial charge is 0.170 e. The van der Waals surface area contributed by atoms with Gasteiger partial charge in [-0.3, -0.25) is 4.90 Å². The van der Waals surface area contributed by atoms with Crippen LogP contribution >= 0.6 is 0 Å². The molecule has 2 N–H and O–H groups in total. The fraction of sp³-hybridized carbons (Fsp3) is 0.949. The maximum Gasteiger partial charge on any atom is 0.170 e. The van der Waals surface area contributed by atoms with Crippen LogP contribution in [0.3, 0.4) is 0 Å². The molecule has 8 fully saturated rings. The molecular formula is C39H64N2O5. The predicted octanol–water partition coefficient (Wildman–Crippen LogP) is 5.80. The first kappa shape index (κ1) is 32.7. The molecule has 0 aromatic carbocycles. The summed E-state index contributed by atoms with van der Waals surface area (Å²) in [6, 6.07) is 0. The molecule has 7 nitrogen and oxygen atoms in total. The summed E-state index contributed by atoms with van der Waals surface area (Å²) in [4.78, 5) is 2.58. The monoisotopic (exact) mass is 640 g/mol. The van der Waals surface area contributed by atoms with E-state index in [1.54, 1.807) is 0 Å². The van der Waals surface area contributed by atoms with Crippen LogP contribution in [0.1, 0.15) is 99.3 Å². The predicted molar refractivity (Wildman–Crippen MR) is 179 cm³/mol. The van der Waals surface area contributed by atoms with Gasteiger partial charge in [0.1, 0.15) is 6.10 Å². The molecule has 7 heteroatoms. The molecule has 5 aliphatic carbocycles. The zero-order valence-corrected chi connectivity index (χ0v) is 29.8. The summed E-state index contributed by atoms with van der Waals surface area (Å²) in [5.41, 5.74) is 1.83. The third-order valence-electron chi connectivity index (χ3n) is 15.7. The molecule has 260 valence electrons. The average molecular weight is 641 g/mol. The minimum absolute atomic E-state index is 0.0857. The molecule has 3 saturated heterocycles. The Morgan fingerprint density at radius 1 is 1.09 bits per heavy atom. The van der Waals surface area contributed by atoms with E-state index in [0.717, 1.165) is 63.4 Å². The van der Waals surface area contributed by atoms with Gasteiger partial charge < -0.3 is 29.4 Å². The Kier molecular flexibility index (Phi) is 7.97. The van der Waals surface area contributed by atoms with E-state index in [1.807, 2.05) is 20.8 Å². The molecule has 3 heterocycles. The standard InChI is InChI=1S/C39H64N2O5/c1-8-43-34(36(5,6)42)29-17-24(2)33-28(45-29)18-27-26-9-10-30-35(3,4)31(11-12-39(30)23-38(26,39)14-13-37(27,33)7)46-32-22-41(15-16-44-32)21-25-19-40-20-25/h25-34,40,42H,2,8-23H2,1,3-7H3/t26?,27?,28?,29?,30?,31-,32?,33?,34-,37-,38?,39+/m0/s1. The number of fused-ring (bicyclic) bond motifs is 4. The van der Waals surface area contributed by atoms with E-state index >= 15 is 0 Å². The Balaban J connectivity index is 0.968. The minimum Gasteiger partial charge on any atom is -0.388 e. The topological polar surface area (TPSA) is 72.4 Å². The highest BCUT2D eigenvalue weighted by molar-refractivity contribution is 5.31. The van der Waals surface area contributed by atoms with Crippen molar-refractivity contribution in [2.75, 3.05) is 45.9 Å². The van der Waals surface area contributed by atoms with Crippen LogP contribution < -0.4 is 5.32 Å². The number of aliphatic hydroxyl groups is 1. The average Bonchev–Trinajstić information content (AvgIpc) is 3.54. The number of hydrogen-bond acceptors (Lipinski definition) is 7. The van der Waals surface area contributed by atoms with Crippen LogP contribution in [-0.4, -0.2) is 92.3 Å². The van der Waals surface area contributed by atoms with Gasteiger partial charge in [0.2, 0.25) is 0 Å². The maximum absolute atomic E-state index is 11.0. The first-order chi connectivity index (χ1) is 21.8. The third-order valence-corrected chi connectivity index (χ3v) is 15.7. The fourth-order valence-corrected chi connectivity index (χ4v) is 13.7. The molecule has 8 rings (SSSR count). The Labute approximate surface area is 278 Å². The second kappa shape index (κ2) is 11.2. The molecule has 2 spiro atoms. The van der Waals surface area contributed by atoms with Crippen LogP contribution in [0.2, 0.25) is 0 Å². The number of nitrogens with zero attached hydrogens (tertiary/aromatic N) is 1. The van der Waals surface area contributed by atoms with Crippen molar-refractivity contribution in [1.29, 1.82) is 0 Å². The van der Waals surface area contributed by atoms with Gasteiger partial charge in [0.25, 0.3) is 0 Å². The number of ether oxygens (including phenoxy) is 4. The molecule has 0 bridgehead atoms. The van der Waals surface area contributed by atoms with Gasteiger partial charge in [0.05, 0.1) is 30.5 Å². The highest BCUT2D eigenvalue weighted by Crippen LogP contribution is 2.87. The van der Waals surface area contributed by atoms with E-state index in [4.69, 9.17) is 25.5 Å². The lowest BCUT2D eigenvalue weighted by Crippen LogP contribution is -2.57. The highest BCUT2D eigenvalue weighted by atomic mass is 16.7. The summed E-state index contributed by atoms with van der Waals surface area (Å²) < 4.78 is 26.3. The summed E-state index contributed by atoms with van der Waals surface area (Å²) >= 11 is 0. The lowest BCUT2D eigenvalue weighted by Gasteiger charge is -2.60. The minimum atomic E-state index is -0.947. The second-order valence-electron chi connectivity index (χ2n) is 18.7. The number of morpholine rings is 1. The summed E-state index contributed by atoms with van der Waals surface area (Å²) in [6.45, 7) is 25.0. The Hall–Kier alpha value is -0.540. The first-order valence-electron chi connectivity index (χ1n) is 19.2. The van der Waals surface area contributed by atoms with Crippen molar-refractivity contribution < 1.29 is 24.1 Å². The summed E-state index contributed by atoms with van der Waals surface area (Å²) in [5, 5.41) is 14.4. The van der Waals surface area contributed by atoms with E-state index in [0.29, 0.717) is 29.3 Å². The van der Waals surface area contributed by atoms with Crippen LogP contribution in [0.25, 0.3) is 0 Å². The van der Waals surface area contributed by atoms with E-state index in [2.05, 4.69) is 31.0 Å². The first-order valence-corrected chi connectivity index (χ1v) is 19.2. The van der Waals surface area contributed by atoms with Crippen molar-refractivity contribution >= 4 is 0 Å². The van der Waals surface area contributed by atoms with Gasteiger partial charge in [0, 0.05) is 45.2 Å². The van der Waals surface area contributed by atoms with Gasteiger partial charge in [-0.1, -0.05) is 32.9 Å². The van der Waals surface area contributed by atoms with E-state index in [-0.39, 0.29) is 41.5 Å². The second-order valence-corrected chi connectivity index (χ2v) is 18.7. The maximum atomic E-state index is 11.0. The zero-order valence-electron chi connectivity index (χ0n) is 29.8. The molecule has 0 aromatic heterocycles. The summed E-state index contributed by atoms with van der Waals surface area (Å²) in [5.74, 6) is 3.45. The molecule has 3 aliphatic heterocycles. The van der Waals surface area contributed by atoms with Crippen LogP contribution in [-0.2, 0) is 18.9 Å². The van der Waals surface area contributed by atoms with Gasteiger partial charge >= 0.3 is 0 Å². The molecule has 8 aliphatic rings. The molecule has 0 aromatic rings. The molecule has 0 amide bonds. The lowest BCUT2D eigenvalue weighted by atomic mass is 9.46. The van der Waals surface area contributed by atoms with Crippen molar-refractivity contribution in [3.05, 3.63) is 12.2 Å². The van der Waals surface area contributed by atoms with Gasteiger partial charge in [-0.2, -0.15) is 0 Å². The van der Waals surface area contributed by atoms with Crippen LogP contribution in [0.15, 0.2) is 12.2 Å². The highest BCUT2D eigenvalue weighted by Gasteiger charge is 2.81. The molecule has 12 atom stereocenters. The quantitative estimate of drug-likeness (QED) is 0.325. The number of rotatable bonds is 8. The summed E-state index contributed by atoms with van der Waals surface area (Å²) in [7, 11) is 0. The third kappa shape index (κ3) is 4.82. The molecular weight excluding hydrogens is 576 g/mol. The normalized spacial score (nSPS) is 49.2. The molecule has 46 heavy (non-hydrogen) atoms. The number of hydrogen-bond donors (Lipinski definition) is 2. The van der Waals surface area contributed by atoms with Crippen molar-refractivity contribution in [2.45, 2.75) is 136 Å². The Bertz CT molecular complexity index is 1180.